The summed E-state index contributed by atoms with van der Waals surface area (Å²) in [6.45, 7) is 5.57. The van der Waals surface area contributed by atoms with Crippen LogP contribution in [0.15, 0.2) is 48.5 Å². The third-order valence-electron chi connectivity index (χ3n) is 7.33. The summed E-state index contributed by atoms with van der Waals surface area (Å²) < 4.78 is 11.4. The van der Waals surface area contributed by atoms with Crippen molar-refractivity contribution in [1.29, 1.82) is 0 Å². The molecule has 0 radical (unpaired) electrons. The molecular formula is C29H38N2O4. The van der Waals surface area contributed by atoms with Gasteiger partial charge in [0.05, 0.1) is 13.7 Å². The van der Waals surface area contributed by atoms with Crippen LogP contribution in [0.4, 0.5) is 0 Å². The lowest BCUT2D eigenvalue weighted by Crippen LogP contribution is -2.59. The summed E-state index contributed by atoms with van der Waals surface area (Å²) in [5, 5.41) is 0. The summed E-state index contributed by atoms with van der Waals surface area (Å²) in [6, 6.07) is 15.2. The van der Waals surface area contributed by atoms with Gasteiger partial charge in [-0.3, -0.25) is 9.59 Å². The summed E-state index contributed by atoms with van der Waals surface area (Å²) >= 11 is 0. The van der Waals surface area contributed by atoms with Crippen LogP contribution in [-0.4, -0.2) is 54.5 Å². The van der Waals surface area contributed by atoms with Crippen LogP contribution >= 0.6 is 0 Å². The minimum atomic E-state index is -0.659. The van der Waals surface area contributed by atoms with Crippen molar-refractivity contribution in [2.45, 2.75) is 64.5 Å². The summed E-state index contributed by atoms with van der Waals surface area (Å²) in [6.07, 6.45) is 5.72. The third kappa shape index (κ3) is 5.80. The van der Waals surface area contributed by atoms with Gasteiger partial charge in [0.1, 0.15) is 12.6 Å². The Morgan fingerprint density at radius 2 is 1.71 bits per heavy atom. The number of carbonyl (C=O) groups excluding carboxylic acids is 2. The fourth-order valence-corrected chi connectivity index (χ4v) is 5.27. The second kappa shape index (κ2) is 11.6. The van der Waals surface area contributed by atoms with Gasteiger partial charge >= 0.3 is 0 Å². The number of piperazine rings is 1. The molecular weight excluding hydrogens is 440 g/mol. The first-order chi connectivity index (χ1) is 17.0. The number of methoxy groups -OCH3 is 1. The normalized spacial score (nSPS) is 22.9. The van der Waals surface area contributed by atoms with Crippen LogP contribution in [0.2, 0.25) is 0 Å². The highest BCUT2D eigenvalue weighted by atomic mass is 16.5. The van der Waals surface area contributed by atoms with Crippen molar-refractivity contribution in [2.24, 2.45) is 5.92 Å². The maximum absolute atomic E-state index is 14.0. The van der Waals surface area contributed by atoms with E-state index in [1.807, 2.05) is 41.3 Å². The Hall–Kier alpha value is -3.02. The summed E-state index contributed by atoms with van der Waals surface area (Å²) in [7, 11) is 1.61. The lowest BCUT2D eigenvalue weighted by atomic mass is 9.85. The number of nitrogens with zero attached hydrogens (tertiary/aromatic N) is 2. The molecule has 188 valence electrons. The SMILES string of the molecule is CCCOc1ccc(C2C(=O)N(C3CCC(C)CC3)CC(=O)N2CCc2ccccc2)cc1OC. The molecule has 1 heterocycles. The van der Waals surface area contributed by atoms with Gasteiger partial charge in [0.25, 0.3) is 5.91 Å². The average molecular weight is 479 g/mol. The standard InChI is InChI=1S/C29H38N2O4/c1-4-18-35-25-15-12-23(19-26(25)34-3)28-29(33)31(24-13-10-21(2)11-14-24)20-27(32)30(28)17-16-22-8-6-5-7-9-22/h5-9,12,15,19,21,24,28H,4,10-11,13-14,16-18,20H2,1-3H3. The first-order valence-electron chi connectivity index (χ1n) is 13.0. The average Bonchev–Trinajstić information content (AvgIpc) is 2.88. The van der Waals surface area contributed by atoms with E-state index in [0.29, 0.717) is 37.0 Å². The zero-order valence-electron chi connectivity index (χ0n) is 21.2. The van der Waals surface area contributed by atoms with E-state index in [1.54, 1.807) is 12.0 Å². The molecule has 1 saturated heterocycles. The molecule has 6 nitrogen and oxygen atoms in total. The number of ether oxygens (including phenoxy) is 2. The fourth-order valence-electron chi connectivity index (χ4n) is 5.27. The number of hydrogen-bond acceptors (Lipinski definition) is 4. The molecule has 1 unspecified atom stereocenters. The zero-order chi connectivity index (χ0) is 24.8. The van der Waals surface area contributed by atoms with Gasteiger partial charge in [-0.15, -0.1) is 0 Å². The van der Waals surface area contributed by atoms with Gasteiger partial charge in [0.15, 0.2) is 11.5 Å². The third-order valence-corrected chi connectivity index (χ3v) is 7.33. The molecule has 1 aliphatic heterocycles. The Balaban J connectivity index is 1.64. The van der Waals surface area contributed by atoms with Crippen molar-refractivity contribution in [1.82, 2.24) is 9.80 Å². The first kappa shape index (κ1) is 25.1. The first-order valence-corrected chi connectivity index (χ1v) is 13.0. The Kier molecular flexibility index (Phi) is 8.32. The predicted octanol–water partition coefficient (Wildman–Crippen LogP) is 5.02. The van der Waals surface area contributed by atoms with Crippen molar-refractivity contribution in [3.63, 3.8) is 0 Å². The van der Waals surface area contributed by atoms with Crippen LogP contribution in [0.5, 0.6) is 11.5 Å². The molecule has 2 fully saturated rings. The van der Waals surface area contributed by atoms with Crippen LogP contribution in [0.25, 0.3) is 0 Å². The fraction of sp³-hybridized carbons (Fsp3) is 0.517. The molecule has 2 amide bonds. The Labute approximate surface area is 209 Å². The van der Waals surface area contributed by atoms with E-state index in [2.05, 4.69) is 26.0 Å². The van der Waals surface area contributed by atoms with Crippen molar-refractivity contribution < 1.29 is 19.1 Å². The van der Waals surface area contributed by atoms with Gasteiger partial charge in [-0.25, -0.2) is 0 Å². The molecule has 35 heavy (non-hydrogen) atoms. The molecule has 2 aromatic carbocycles. The minimum Gasteiger partial charge on any atom is -0.493 e. The molecule has 1 saturated carbocycles. The van der Waals surface area contributed by atoms with Gasteiger partial charge in [0, 0.05) is 12.6 Å². The number of hydrogen-bond donors (Lipinski definition) is 0. The molecule has 4 rings (SSSR count). The van der Waals surface area contributed by atoms with Crippen LogP contribution in [0, 0.1) is 5.92 Å². The highest BCUT2D eigenvalue weighted by Crippen LogP contribution is 2.37. The summed E-state index contributed by atoms with van der Waals surface area (Å²) in [5.41, 5.74) is 1.92. The van der Waals surface area contributed by atoms with Crippen LogP contribution < -0.4 is 9.47 Å². The van der Waals surface area contributed by atoms with Crippen LogP contribution in [0.1, 0.15) is 63.1 Å². The maximum atomic E-state index is 14.0. The van der Waals surface area contributed by atoms with Gasteiger partial charge in [0.2, 0.25) is 5.91 Å². The molecule has 1 aliphatic carbocycles. The second-order valence-corrected chi connectivity index (χ2v) is 9.86. The smallest absolute Gasteiger partial charge is 0.250 e. The lowest BCUT2D eigenvalue weighted by Gasteiger charge is -2.45. The Morgan fingerprint density at radius 1 is 0.971 bits per heavy atom. The summed E-state index contributed by atoms with van der Waals surface area (Å²) in [4.78, 5) is 31.1. The maximum Gasteiger partial charge on any atom is 0.250 e. The summed E-state index contributed by atoms with van der Waals surface area (Å²) in [5.74, 6) is 1.94. The number of amides is 2. The minimum absolute atomic E-state index is 0.00873. The van der Waals surface area contributed by atoms with Crippen molar-refractivity contribution in [3.8, 4) is 11.5 Å². The predicted molar refractivity (Wildman–Crippen MR) is 137 cm³/mol. The number of carbonyl (C=O) groups is 2. The highest BCUT2D eigenvalue weighted by molar-refractivity contribution is 5.96. The van der Waals surface area contributed by atoms with E-state index >= 15 is 0 Å². The van der Waals surface area contributed by atoms with E-state index in [0.717, 1.165) is 43.2 Å². The van der Waals surface area contributed by atoms with Gasteiger partial charge in [-0.2, -0.15) is 0 Å². The van der Waals surface area contributed by atoms with Gasteiger partial charge in [-0.05, 0) is 67.7 Å². The number of rotatable bonds is 9. The van der Waals surface area contributed by atoms with E-state index in [4.69, 9.17) is 9.47 Å². The largest absolute Gasteiger partial charge is 0.493 e. The molecule has 0 N–H and O–H groups in total. The van der Waals surface area contributed by atoms with Gasteiger partial charge < -0.3 is 19.3 Å². The molecule has 2 aromatic rings. The quantitative estimate of drug-likeness (QED) is 0.508. The van der Waals surface area contributed by atoms with Crippen LogP contribution in [0.3, 0.4) is 0 Å². The van der Waals surface area contributed by atoms with Crippen molar-refractivity contribution in [3.05, 3.63) is 59.7 Å². The Morgan fingerprint density at radius 3 is 2.40 bits per heavy atom. The van der Waals surface area contributed by atoms with E-state index in [9.17, 15) is 9.59 Å². The molecule has 2 aliphatic rings. The number of benzene rings is 2. The Bertz CT molecular complexity index is 1000. The van der Waals surface area contributed by atoms with Crippen molar-refractivity contribution >= 4 is 11.8 Å². The van der Waals surface area contributed by atoms with Crippen LogP contribution in [-0.2, 0) is 16.0 Å². The monoisotopic (exact) mass is 478 g/mol. The lowest BCUT2D eigenvalue weighted by molar-refractivity contribution is -0.159. The van der Waals surface area contributed by atoms with E-state index in [1.165, 1.54) is 0 Å². The van der Waals surface area contributed by atoms with Crippen molar-refractivity contribution in [2.75, 3.05) is 26.8 Å². The van der Waals surface area contributed by atoms with E-state index in [-0.39, 0.29) is 24.4 Å². The molecule has 0 spiro atoms. The van der Waals surface area contributed by atoms with Gasteiger partial charge in [-0.1, -0.05) is 50.2 Å². The zero-order valence-corrected chi connectivity index (χ0v) is 21.2. The molecule has 0 aromatic heterocycles. The second-order valence-electron chi connectivity index (χ2n) is 9.86. The molecule has 1 atom stereocenters. The highest BCUT2D eigenvalue weighted by Gasteiger charge is 2.43. The molecule has 6 heteroatoms. The molecule has 0 bridgehead atoms. The van der Waals surface area contributed by atoms with E-state index < -0.39 is 6.04 Å². The topological polar surface area (TPSA) is 59.1 Å².